The van der Waals surface area contributed by atoms with Gasteiger partial charge in [-0.25, -0.2) is 0 Å². The van der Waals surface area contributed by atoms with Crippen LogP contribution in [0.1, 0.15) is 0 Å². The zero-order valence-electron chi connectivity index (χ0n) is 19.7. The Morgan fingerprint density at radius 3 is 1.58 bits per heavy atom. The maximum absolute atomic E-state index is 12.5. The molecule has 0 saturated carbocycles. The van der Waals surface area contributed by atoms with Crippen molar-refractivity contribution in [2.45, 2.75) is 97.2 Å². The highest BCUT2D eigenvalue weighted by molar-refractivity contribution is 5.76. The van der Waals surface area contributed by atoms with Crippen molar-refractivity contribution in [3.8, 4) is 0 Å². The summed E-state index contributed by atoms with van der Waals surface area (Å²) in [5, 5.41) is 136. The first-order valence-electron chi connectivity index (χ1n) is 11.7. The maximum atomic E-state index is 12.5. The number of aliphatic carboxylic acids is 1. The van der Waals surface area contributed by atoms with Crippen molar-refractivity contribution in [1.82, 2.24) is 5.32 Å². The van der Waals surface area contributed by atoms with Gasteiger partial charge in [-0.15, -0.1) is 0 Å². The summed E-state index contributed by atoms with van der Waals surface area (Å²) >= 11 is 0. The number of rotatable bonds is 8. The topological polar surface area (TPSA) is 320 Å². The predicted molar refractivity (Wildman–Crippen MR) is 115 cm³/mol. The van der Waals surface area contributed by atoms with Crippen LogP contribution in [0.25, 0.3) is 0 Å². The van der Waals surface area contributed by atoms with Crippen LogP contribution < -0.4 is 5.32 Å². The minimum Gasteiger partial charge on any atom is -0.480 e. The molecule has 38 heavy (non-hydrogen) atoms. The molecule has 3 heterocycles. The summed E-state index contributed by atoms with van der Waals surface area (Å²) in [6.45, 7) is -2.63. The number of nitrogens with one attached hydrogen (secondary N) is 1. The molecule has 3 aliphatic rings. The molecule has 222 valence electrons. The SMILES string of the molecule is O=C(O)[C@@H](NC1OC[C@@H](O)[C@H](O)[C@H]1O)C(O)(C1O[C@H](CO)[C@H](O)[C@H](O)[C@H]1O)C1O[C@H](CO)[C@H](O)[C@H](O)[C@H]1O. The van der Waals surface area contributed by atoms with Crippen LogP contribution in [0.3, 0.4) is 0 Å². The van der Waals surface area contributed by atoms with Crippen LogP contribution in [0.5, 0.6) is 0 Å². The second kappa shape index (κ2) is 12.1. The van der Waals surface area contributed by atoms with Gasteiger partial charge in [-0.1, -0.05) is 0 Å². The summed E-state index contributed by atoms with van der Waals surface area (Å²) in [6, 6.07) is -2.53. The third-order valence-electron chi connectivity index (χ3n) is 7.24. The highest BCUT2D eigenvalue weighted by Crippen LogP contribution is 2.39. The molecule has 3 fully saturated rings. The Morgan fingerprint density at radius 2 is 1.18 bits per heavy atom. The van der Waals surface area contributed by atoms with Crippen molar-refractivity contribution < 1.29 is 85.4 Å². The first-order chi connectivity index (χ1) is 17.7. The van der Waals surface area contributed by atoms with Crippen LogP contribution in [0.4, 0.5) is 0 Å². The average molecular weight is 561 g/mol. The van der Waals surface area contributed by atoms with E-state index in [9.17, 15) is 71.2 Å². The van der Waals surface area contributed by atoms with Crippen molar-refractivity contribution in [2.24, 2.45) is 0 Å². The summed E-state index contributed by atoms with van der Waals surface area (Å²) in [7, 11) is 0. The number of aliphatic hydroxyl groups is 12. The number of ether oxygens (including phenoxy) is 3. The molecule has 0 aliphatic carbocycles. The number of aliphatic hydroxyl groups excluding tert-OH is 11. The van der Waals surface area contributed by atoms with Crippen molar-refractivity contribution in [3.05, 3.63) is 0 Å². The summed E-state index contributed by atoms with van der Waals surface area (Å²) in [6.07, 6.45) is -28.2. The number of carbonyl (C=O) groups is 1. The molecule has 3 unspecified atom stereocenters. The fourth-order valence-corrected chi connectivity index (χ4v) is 4.98. The zero-order chi connectivity index (χ0) is 28.7. The lowest BCUT2D eigenvalue weighted by atomic mass is 9.72. The Kier molecular flexibility index (Phi) is 10.0. The van der Waals surface area contributed by atoms with Crippen molar-refractivity contribution in [2.75, 3.05) is 19.8 Å². The molecule has 0 aromatic rings. The largest absolute Gasteiger partial charge is 0.480 e. The lowest BCUT2D eigenvalue weighted by Gasteiger charge is -2.55. The van der Waals surface area contributed by atoms with Gasteiger partial charge in [0.2, 0.25) is 0 Å². The van der Waals surface area contributed by atoms with Gasteiger partial charge in [0.15, 0.2) is 0 Å². The Balaban J connectivity index is 2.12. The molecule has 0 aromatic carbocycles. The highest BCUT2D eigenvalue weighted by Gasteiger charge is 2.66. The summed E-state index contributed by atoms with van der Waals surface area (Å²) < 4.78 is 15.8. The van der Waals surface area contributed by atoms with Crippen LogP contribution in [0.2, 0.25) is 0 Å². The molecule has 15 atom stereocenters. The smallest absolute Gasteiger partial charge is 0.324 e. The van der Waals surface area contributed by atoms with E-state index < -0.39 is 123 Å². The molecule has 14 N–H and O–H groups in total. The Labute approximate surface area is 214 Å². The Hall–Kier alpha value is -1.17. The van der Waals surface area contributed by atoms with Crippen LogP contribution in [-0.4, -0.2) is 189 Å². The monoisotopic (exact) mass is 561 g/mol. The minimum atomic E-state index is -3.32. The maximum Gasteiger partial charge on any atom is 0.324 e. The fraction of sp³-hybridized carbons (Fsp3) is 0.950. The lowest BCUT2D eigenvalue weighted by Crippen LogP contribution is -2.80. The minimum absolute atomic E-state index is 0.610. The number of hydrogen-bond acceptors (Lipinski definition) is 17. The number of carboxylic acids is 1. The summed E-state index contributed by atoms with van der Waals surface area (Å²) in [5.74, 6) is -1.99. The van der Waals surface area contributed by atoms with Gasteiger partial charge in [-0.05, 0) is 0 Å². The van der Waals surface area contributed by atoms with Gasteiger partial charge < -0.3 is 80.6 Å². The second-order valence-electron chi connectivity index (χ2n) is 9.63. The van der Waals surface area contributed by atoms with Gasteiger partial charge in [0.1, 0.15) is 97.2 Å². The first-order valence-corrected chi connectivity index (χ1v) is 11.7. The molecule has 3 saturated heterocycles. The van der Waals surface area contributed by atoms with Crippen LogP contribution >= 0.6 is 0 Å². The predicted octanol–water partition coefficient (Wildman–Crippen LogP) is -9.12. The van der Waals surface area contributed by atoms with Crippen molar-refractivity contribution in [1.29, 1.82) is 0 Å². The van der Waals surface area contributed by atoms with E-state index in [1.165, 1.54) is 0 Å². The van der Waals surface area contributed by atoms with E-state index in [0.717, 1.165) is 0 Å². The molecular weight excluding hydrogens is 526 g/mol. The van der Waals surface area contributed by atoms with Gasteiger partial charge >= 0.3 is 5.97 Å². The highest BCUT2D eigenvalue weighted by atomic mass is 16.6. The van der Waals surface area contributed by atoms with E-state index >= 15 is 0 Å². The third-order valence-corrected chi connectivity index (χ3v) is 7.24. The molecule has 0 aromatic heterocycles. The molecule has 0 spiro atoms. The molecule has 18 heteroatoms. The van der Waals surface area contributed by atoms with E-state index in [-0.39, 0.29) is 0 Å². The second-order valence-corrected chi connectivity index (χ2v) is 9.63. The van der Waals surface area contributed by atoms with E-state index in [1.54, 1.807) is 0 Å². The number of carboxylic acid groups (broad SMARTS) is 1. The summed E-state index contributed by atoms with van der Waals surface area (Å²) in [5.41, 5.74) is -3.32. The lowest BCUT2D eigenvalue weighted by molar-refractivity contribution is -0.330. The normalized spacial score (nSPS) is 48.7. The van der Waals surface area contributed by atoms with Crippen molar-refractivity contribution >= 4 is 5.97 Å². The third kappa shape index (κ3) is 5.41. The van der Waals surface area contributed by atoms with E-state index in [0.29, 0.717) is 0 Å². The Morgan fingerprint density at radius 1 is 0.737 bits per heavy atom. The van der Waals surface area contributed by atoms with Crippen LogP contribution in [0, 0.1) is 0 Å². The molecule has 3 aliphatic heterocycles. The fourth-order valence-electron chi connectivity index (χ4n) is 4.98. The van der Waals surface area contributed by atoms with Gasteiger partial charge in [-0.3, -0.25) is 10.1 Å². The molecule has 18 nitrogen and oxygen atoms in total. The molecule has 0 radical (unpaired) electrons. The van der Waals surface area contributed by atoms with E-state index in [4.69, 9.17) is 14.2 Å². The van der Waals surface area contributed by atoms with Crippen molar-refractivity contribution in [3.63, 3.8) is 0 Å². The zero-order valence-corrected chi connectivity index (χ0v) is 19.7. The molecule has 0 amide bonds. The van der Waals surface area contributed by atoms with Crippen LogP contribution in [-0.2, 0) is 19.0 Å². The first kappa shape index (κ1) is 31.4. The summed E-state index contributed by atoms with van der Waals surface area (Å²) in [4.78, 5) is 12.5. The van der Waals surface area contributed by atoms with E-state index in [2.05, 4.69) is 5.32 Å². The molecule has 0 bridgehead atoms. The van der Waals surface area contributed by atoms with Gasteiger partial charge in [0.25, 0.3) is 0 Å². The molecular formula is C20H35NO17. The van der Waals surface area contributed by atoms with Gasteiger partial charge in [0.05, 0.1) is 19.8 Å². The van der Waals surface area contributed by atoms with Gasteiger partial charge in [0, 0.05) is 0 Å². The van der Waals surface area contributed by atoms with Gasteiger partial charge in [-0.2, -0.15) is 0 Å². The molecule has 3 rings (SSSR count). The Bertz CT molecular complexity index is 765. The quantitative estimate of drug-likeness (QED) is 0.131. The number of hydrogen-bond donors (Lipinski definition) is 14. The van der Waals surface area contributed by atoms with E-state index in [1.807, 2.05) is 0 Å². The average Bonchev–Trinajstić information content (AvgIpc) is 2.88. The standard InChI is InChI=1S/C20H35NO17/c22-1-5-8(26)10(28)12(30)16(37-5)20(35,17-13(31)11(29)9(27)6(2-23)38-17)15(19(33)34)21-18-14(32)7(25)4(24)3-36-18/h4-18,21-32,35H,1-3H2,(H,33,34)/t4-,5-,6-,7+,8+,9+,10+,11+,12-,13-,14-,15-,16?,17?,18?,20?/m1/s1. The van der Waals surface area contributed by atoms with Crippen LogP contribution in [0.15, 0.2) is 0 Å².